The van der Waals surface area contributed by atoms with Gasteiger partial charge in [-0.3, -0.25) is 14.4 Å². The fourth-order valence-corrected chi connectivity index (χ4v) is 4.70. The first-order chi connectivity index (χ1) is 14.4. The first-order valence-electron chi connectivity index (χ1n) is 9.38. The van der Waals surface area contributed by atoms with Crippen molar-refractivity contribution < 1.29 is 19.2 Å². The van der Waals surface area contributed by atoms with E-state index in [-0.39, 0.29) is 17.6 Å². The van der Waals surface area contributed by atoms with Crippen molar-refractivity contribution in [1.82, 2.24) is 5.48 Å². The summed E-state index contributed by atoms with van der Waals surface area (Å²) in [7, 11) is 1.40. The van der Waals surface area contributed by atoms with Gasteiger partial charge < -0.3 is 4.74 Å². The molecule has 0 spiro atoms. The number of halogens is 2. The van der Waals surface area contributed by atoms with Crippen LogP contribution in [0.5, 0.6) is 0 Å². The largest absolute Gasteiger partial charge is 0.361 e. The number of hydroxylamine groups is 1. The first-order valence-corrected chi connectivity index (χ1v) is 11.0. The normalized spacial score (nSPS) is 24.2. The topological polar surface area (TPSA) is 64.6 Å². The standard InChI is InChI=1S/C23H19Br2NO4/c1-29-26-22(28)20-7-6-18(25)11-14(20)10-15-13-30-23(9-8-19(27)12-21(15)23)16-2-4-17(24)5-3-16/h2-11,21H,12-13H2,1H3,(H,26,28)/b15-10-/t21-,23+/m1/s1. The molecule has 1 fully saturated rings. The Balaban J connectivity index is 1.78. The molecule has 2 aliphatic rings. The molecule has 5 nitrogen and oxygen atoms in total. The summed E-state index contributed by atoms with van der Waals surface area (Å²) in [5.41, 5.74) is 4.84. The molecule has 4 rings (SSSR count). The SMILES string of the molecule is CONC(=O)c1ccc(Br)cc1/C=C1/CO[C@]2(c3ccc(Br)cc3)C=CC(=O)C[C@H]12. The molecule has 2 aromatic rings. The van der Waals surface area contributed by atoms with E-state index in [2.05, 4.69) is 37.3 Å². The molecule has 1 saturated heterocycles. The Bertz CT molecular complexity index is 1060. The Kier molecular flexibility index (Phi) is 6.06. The van der Waals surface area contributed by atoms with Gasteiger partial charge in [0.25, 0.3) is 5.91 Å². The quantitative estimate of drug-likeness (QED) is 0.565. The predicted molar refractivity (Wildman–Crippen MR) is 121 cm³/mol. The van der Waals surface area contributed by atoms with Gasteiger partial charge in [0.05, 0.1) is 13.7 Å². The van der Waals surface area contributed by atoms with Crippen LogP contribution >= 0.6 is 31.9 Å². The van der Waals surface area contributed by atoms with Gasteiger partial charge in [-0.05, 0) is 59.2 Å². The highest BCUT2D eigenvalue weighted by atomic mass is 79.9. The van der Waals surface area contributed by atoms with E-state index in [1.807, 2.05) is 42.5 Å². The smallest absolute Gasteiger partial charge is 0.275 e. The lowest BCUT2D eigenvalue weighted by Gasteiger charge is -2.34. The number of rotatable bonds is 4. The molecular formula is C23H19Br2NO4. The zero-order valence-electron chi connectivity index (χ0n) is 16.2. The van der Waals surface area contributed by atoms with E-state index in [0.29, 0.717) is 18.6 Å². The van der Waals surface area contributed by atoms with Gasteiger partial charge in [0, 0.05) is 26.8 Å². The van der Waals surface area contributed by atoms with Crippen molar-refractivity contribution in [3.8, 4) is 0 Å². The second-order valence-electron chi connectivity index (χ2n) is 7.23. The molecule has 0 bridgehead atoms. The second-order valence-corrected chi connectivity index (χ2v) is 9.06. The maximum atomic E-state index is 12.4. The molecule has 1 heterocycles. The summed E-state index contributed by atoms with van der Waals surface area (Å²) in [6.07, 6.45) is 5.78. The van der Waals surface area contributed by atoms with Crippen molar-refractivity contribution >= 4 is 49.6 Å². The van der Waals surface area contributed by atoms with Crippen LogP contribution in [0.3, 0.4) is 0 Å². The number of ether oxygens (including phenoxy) is 1. The molecule has 0 aromatic heterocycles. The lowest BCUT2D eigenvalue weighted by Crippen LogP contribution is -2.35. The van der Waals surface area contributed by atoms with E-state index in [4.69, 9.17) is 9.57 Å². The molecular weight excluding hydrogens is 514 g/mol. The third kappa shape index (κ3) is 3.95. The van der Waals surface area contributed by atoms with Gasteiger partial charge in [-0.25, -0.2) is 5.48 Å². The third-order valence-corrected chi connectivity index (χ3v) is 6.48. The number of benzene rings is 2. The first kappa shape index (κ1) is 21.2. The molecule has 7 heteroatoms. The van der Waals surface area contributed by atoms with Crippen LogP contribution in [0.1, 0.15) is 27.9 Å². The van der Waals surface area contributed by atoms with Crippen molar-refractivity contribution in [2.24, 2.45) is 5.92 Å². The summed E-state index contributed by atoms with van der Waals surface area (Å²) >= 11 is 6.94. The van der Waals surface area contributed by atoms with Gasteiger partial charge in [-0.1, -0.05) is 50.1 Å². The number of allylic oxidation sites excluding steroid dienone is 1. The number of carbonyl (C=O) groups is 2. The number of carbonyl (C=O) groups excluding carboxylic acids is 2. The second kappa shape index (κ2) is 8.59. The molecule has 1 N–H and O–H groups in total. The van der Waals surface area contributed by atoms with Crippen molar-refractivity contribution in [2.45, 2.75) is 12.0 Å². The average molecular weight is 533 g/mol. The van der Waals surface area contributed by atoms with Gasteiger partial charge in [-0.15, -0.1) is 0 Å². The lowest BCUT2D eigenvalue weighted by atomic mass is 9.73. The van der Waals surface area contributed by atoms with Crippen LogP contribution in [0.4, 0.5) is 0 Å². The highest BCUT2D eigenvalue weighted by Crippen LogP contribution is 2.49. The van der Waals surface area contributed by atoms with Crippen LogP contribution in [0.2, 0.25) is 0 Å². The number of hydrogen-bond acceptors (Lipinski definition) is 4. The van der Waals surface area contributed by atoms with Gasteiger partial charge in [-0.2, -0.15) is 0 Å². The predicted octanol–water partition coefficient (Wildman–Crippen LogP) is 4.96. The zero-order chi connectivity index (χ0) is 21.3. The molecule has 1 aliphatic heterocycles. The Morgan fingerprint density at radius 2 is 1.93 bits per heavy atom. The molecule has 2 atom stereocenters. The minimum atomic E-state index is -0.693. The van der Waals surface area contributed by atoms with E-state index in [1.54, 1.807) is 18.2 Å². The van der Waals surface area contributed by atoms with E-state index in [0.717, 1.165) is 25.6 Å². The van der Waals surface area contributed by atoms with Crippen LogP contribution in [0.25, 0.3) is 6.08 Å². The molecule has 0 saturated carbocycles. The molecule has 0 radical (unpaired) electrons. The van der Waals surface area contributed by atoms with Crippen LogP contribution in [0, 0.1) is 5.92 Å². The van der Waals surface area contributed by atoms with E-state index < -0.39 is 5.60 Å². The van der Waals surface area contributed by atoms with Crippen LogP contribution in [0.15, 0.2) is 69.1 Å². The molecule has 0 unspecified atom stereocenters. The minimum absolute atomic E-state index is 0.0655. The maximum Gasteiger partial charge on any atom is 0.275 e. The van der Waals surface area contributed by atoms with E-state index >= 15 is 0 Å². The molecule has 2 aromatic carbocycles. The summed E-state index contributed by atoms with van der Waals surface area (Å²) in [4.78, 5) is 29.5. The summed E-state index contributed by atoms with van der Waals surface area (Å²) in [6.45, 7) is 0.371. The number of nitrogens with one attached hydrogen (secondary N) is 1. The maximum absolute atomic E-state index is 12.4. The Labute approximate surface area is 191 Å². The Morgan fingerprint density at radius 1 is 1.20 bits per heavy atom. The molecule has 30 heavy (non-hydrogen) atoms. The van der Waals surface area contributed by atoms with E-state index in [9.17, 15) is 9.59 Å². The van der Waals surface area contributed by atoms with Gasteiger partial charge in [0.2, 0.25) is 0 Å². The fourth-order valence-electron chi connectivity index (χ4n) is 4.05. The van der Waals surface area contributed by atoms with Crippen molar-refractivity contribution in [2.75, 3.05) is 13.7 Å². The summed E-state index contributed by atoms with van der Waals surface area (Å²) < 4.78 is 8.15. The van der Waals surface area contributed by atoms with E-state index in [1.165, 1.54) is 7.11 Å². The number of fused-ring (bicyclic) bond motifs is 1. The number of amides is 1. The van der Waals surface area contributed by atoms with Crippen molar-refractivity contribution in [1.29, 1.82) is 0 Å². The van der Waals surface area contributed by atoms with Gasteiger partial charge >= 0.3 is 0 Å². The Morgan fingerprint density at radius 3 is 2.67 bits per heavy atom. The average Bonchev–Trinajstić information content (AvgIpc) is 3.07. The lowest BCUT2D eigenvalue weighted by molar-refractivity contribution is -0.117. The number of hydrogen-bond donors (Lipinski definition) is 1. The Hall–Kier alpha value is -2.06. The van der Waals surface area contributed by atoms with Crippen LogP contribution in [-0.2, 0) is 20.0 Å². The highest BCUT2D eigenvalue weighted by Gasteiger charge is 2.49. The molecule has 154 valence electrons. The van der Waals surface area contributed by atoms with Crippen LogP contribution in [-0.4, -0.2) is 25.4 Å². The monoisotopic (exact) mass is 531 g/mol. The van der Waals surface area contributed by atoms with Gasteiger partial charge in [0.1, 0.15) is 5.60 Å². The summed E-state index contributed by atoms with van der Waals surface area (Å²) in [5.74, 6) is -0.418. The minimum Gasteiger partial charge on any atom is -0.361 e. The third-order valence-electron chi connectivity index (χ3n) is 5.45. The zero-order valence-corrected chi connectivity index (χ0v) is 19.3. The highest BCUT2D eigenvalue weighted by molar-refractivity contribution is 9.10. The molecule has 1 aliphatic carbocycles. The van der Waals surface area contributed by atoms with Gasteiger partial charge in [0.15, 0.2) is 5.78 Å². The van der Waals surface area contributed by atoms with Crippen molar-refractivity contribution in [3.05, 3.63) is 85.8 Å². The summed E-state index contributed by atoms with van der Waals surface area (Å²) in [6, 6.07) is 13.4. The molecule has 1 amide bonds. The van der Waals surface area contributed by atoms with Crippen molar-refractivity contribution in [3.63, 3.8) is 0 Å². The number of ketones is 1. The fraction of sp³-hybridized carbons (Fsp3) is 0.217. The summed E-state index contributed by atoms with van der Waals surface area (Å²) in [5, 5.41) is 0. The van der Waals surface area contributed by atoms with Crippen LogP contribution < -0.4 is 5.48 Å².